The van der Waals surface area contributed by atoms with E-state index >= 15 is 0 Å². The molecule has 1 rings (SSSR count). The molecule has 0 aromatic carbocycles. The van der Waals surface area contributed by atoms with Crippen molar-refractivity contribution in [3.8, 4) is 0 Å². The van der Waals surface area contributed by atoms with Crippen LogP contribution in [-0.4, -0.2) is 7.85 Å². The lowest BCUT2D eigenvalue weighted by Crippen LogP contribution is -2.10. The highest BCUT2D eigenvalue weighted by molar-refractivity contribution is 14.1. The van der Waals surface area contributed by atoms with Gasteiger partial charge in [-0.15, -0.1) is 0 Å². The van der Waals surface area contributed by atoms with Gasteiger partial charge in [-0.1, -0.05) is 64.4 Å². The monoisotopic (exact) mass is 364 g/mol. The third-order valence-corrected chi connectivity index (χ3v) is 4.31. The molecule has 1 saturated carbocycles. The largest absolute Gasteiger partial charge is 0.0826 e. The molecule has 10 heavy (non-hydrogen) atoms. The minimum atomic E-state index is 0.958. The van der Waals surface area contributed by atoms with Crippen LogP contribution >= 0.6 is 45.2 Å². The Hall–Kier alpha value is 1.46. The predicted molar refractivity (Wildman–Crippen MR) is 63.3 cm³/mol. The van der Waals surface area contributed by atoms with Gasteiger partial charge in [0.1, 0.15) is 0 Å². The average molecular weight is 364 g/mol. The van der Waals surface area contributed by atoms with Gasteiger partial charge in [0.25, 0.3) is 0 Å². The molecule has 1 aliphatic rings. The Kier molecular flexibility index (Phi) is 4.93. The molecule has 0 spiro atoms. The van der Waals surface area contributed by atoms with Crippen LogP contribution in [0, 0.1) is 0 Å². The molecule has 0 bridgehead atoms. The highest BCUT2D eigenvalue weighted by atomic mass is 127. The van der Waals surface area contributed by atoms with Gasteiger partial charge in [-0.05, 0) is 19.3 Å². The van der Waals surface area contributed by atoms with E-state index in [9.17, 15) is 0 Å². The Bertz CT molecular complexity index is 83.3. The molecule has 0 heterocycles. The first-order chi connectivity index (χ1) is 4.79. The number of rotatable bonds is 0. The lowest BCUT2D eigenvalue weighted by atomic mass is 10.0. The van der Waals surface area contributed by atoms with Crippen LogP contribution < -0.4 is 0 Å². The van der Waals surface area contributed by atoms with Crippen molar-refractivity contribution < 1.29 is 0 Å². The highest BCUT2D eigenvalue weighted by Crippen LogP contribution is 2.27. The van der Waals surface area contributed by atoms with Crippen LogP contribution in [0.1, 0.15) is 38.5 Å². The lowest BCUT2D eigenvalue weighted by molar-refractivity contribution is 0.539. The minimum absolute atomic E-state index is 0.958. The van der Waals surface area contributed by atoms with Crippen molar-refractivity contribution in [1.29, 1.82) is 0 Å². The summed E-state index contributed by atoms with van der Waals surface area (Å²) in [6.07, 6.45) is 8.77. The van der Waals surface area contributed by atoms with Crippen LogP contribution in [0.25, 0.3) is 0 Å². The van der Waals surface area contributed by atoms with Gasteiger partial charge in [0, 0.05) is 7.85 Å². The van der Waals surface area contributed by atoms with E-state index < -0.39 is 0 Å². The van der Waals surface area contributed by atoms with Gasteiger partial charge in [0.05, 0.1) is 0 Å². The molecule has 60 valence electrons. The third-order valence-electron chi connectivity index (χ3n) is 2.05. The summed E-state index contributed by atoms with van der Waals surface area (Å²) in [5.74, 6) is 0. The number of hydrogen-bond acceptors (Lipinski definition) is 0. The first kappa shape index (κ1) is 9.55. The second kappa shape index (κ2) is 5.17. The second-order valence-corrected chi connectivity index (χ2v) is 6.59. The van der Waals surface area contributed by atoms with Crippen LogP contribution in [0.5, 0.6) is 0 Å². The van der Waals surface area contributed by atoms with Gasteiger partial charge in [-0.25, -0.2) is 0 Å². The summed E-state index contributed by atoms with van der Waals surface area (Å²) >= 11 is 5.22. The van der Waals surface area contributed by atoms with Crippen LogP contribution in [0.3, 0.4) is 0 Å². The first-order valence-electron chi connectivity index (χ1n) is 4.07. The topological polar surface area (TPSA) is 0 Å². The van der Waals surface area contributed by atoms with Gasteiger partial charge < -0.3 is 0 Å². The molecule has 1 aliphatic carbocycles. The van der Waals surface area contributed by atoms with E-state index in [0.29, 0.717) is 0 Å². The van der Waals surface area contributed by atoms with Crippen molar-refractivity contribution in [3.05, 3.63) is 0 Å². The SMILES string of the molecule is IC1CCCCCC(I)C1. The predicted octanol–water partition coefficient (Wildman–Crippen LogP) is 3.95. The molecule has 0 radical (unpaired) electrons. The molecule has 2 heteroatoms. The standard InChI is InChI=1S/C8H14I2/c9-7-4-2-1-3-5-8(10)6-7/h7-8H,1-6H2. The summed E-state index contributed by atoms with van der Waals surface area (Å²) in [7, 11) is 0. The van der Waals surface area contributed by atoms with Crippen molar-refractivity contribution in [2.45, 2.75) is 46.4 Å². The Morgan fingerprint density at radius 1 is 0.800 bits per heavy atom. The Morgan fingerprint density at radius 2 is 1.30 bits per heavy atom. The van der Waals surface area contributed by atoms with Crippen molar-refractivity contribution >= 4 is 45.2 Å². The molecule has 0 aromatic rings. The molecular weight excluding hydrogens is 350 g/mol. The van der Waals surface area contributed by atoms with E-state index in [-0.39, 0.29) is 0 Å². The van der Waals surface area contributed by atoms with Gasteiger partial charge in [-0.2, -0.15) is 0 Å². The molecule has 0 aromatic heterocycles. The molecule has 2 atom stereocenters. The van der Waals surface area contributed by atoms with Crippen molar-refractivity contribution in [3.63, 3.8) is 0 Å². The molecule has 0 nitrogen and oxygen atoms in total. The van der Waals surface area contributed by atoms with E-state index in [2.05, 4.69) is 45.2 Å². The summed E-state index contributed by atoms with van der Waals surface area (Å²) in [4.78, 5) is 0. The average Bonchev–Trinajstić information content (AvgIpc) is 1.83. The lowest BCUT2D eigenvalue weighted by Gasteiger charge is -2.17. The fourth-order valence-electron chi connectivity index (χ4n) is 1.42. The summed E-state index contributed by atoms with van der Waals surface area (Å²) in [6, 6.07) is 0. The van der Waals surface area contributed by atoms with E-state index in [1.807, 2.05) is 0 Å². The van der Waals surface area contributed by atoms with Crippen molar-refractivity contribution in [2.75, 3.05) is 0 Å². The van der Waals surface area contributed by atoms with Gasteiger partial charge >= 0.3 is 0 Å². The quantitative estimate of drug-likeness (QED) is 0.451. The first-order valence-corrected chi connectivity index (χ1v) is 6.56. The summed E-state index contributed by atoms with van der Waals surface area (Å²) in [5.41, 5.74) is 0. The molecule has 0 N–H and O–H groups in total. The van der Waals surface area contributed by atoms with Crippen LogP contribution in [0.4, 0.5) is 0 Å². The van der Waals surface area contributed by atoms with Crippen LogP contribution in [-0.2, 0) is 0 Å². The Labute approximate surface area is 90.8 Å². The van der Waals surface area contributed by atoms with E-state index in [0.717, 1.165) is 7.85 Å². The molecule has 0 aliphatic heterocycles. The maximum absolute atomic E-state index is 2.61. The number of alkyl halides is 2. The zero-order valence-corrected chi connectivity index (χ0v) is 10.5. The Balaban J connectivity index is 2.25. The summed E-state index contributed by atoms with van der Waals surface area (Å²) in [6.45, 7) is 0. The molecule has 0 amide bonds. The molecule has 0 saturated heterocycles. The van der Waals surface area contributed by atoms with Crippen molar-refractivity contribution in [1.82, 2.24) is 0 Å². The van der Waals surface area contributed by atoms with Crippen LogP contribution in [0.2, 0.25) is 0 Å². The summed E-state index contributed by atoms with van der Waals surface area (Å²) in [5, 5.41) is 0. The van der Waals surface area contributed by atoms with Gasteiger partial charge in [0.2, 0.25) is 0 Å². The normalized spacial score (nSPS) is 36.6. The van der Waals surface area contributed by atoms with E-state index in [4.69, 9.17) is 0 Å². The minimum Gasteiger partial charge on any atom is -0.0826 e. The fourth-order valence-corrected chi connectivity index (χ4v) is 4.50. The number of hydrogen-bond donors (Lipinski definition) is 0. The Morgan fingerprint density at radius 3 is 1.80 bits per heavy atom. The van der Waals surface area contributed by atoms with E-state index in [1.165, 1.54) is 38.5 Å². The second-order valence-electron chi connectivity index (χ2n) is 3.07. The third kappa shape index (κ3) is 3.74. The highest BCUT2D eigenvalue weighted by Gasteiger charge is 2.13. The number of halogens is 2. The van der Waals surface area contributed by atoms with Crippen LogP contribution in [0.15, 0.2) is 0 Å². The summed E-state index contributed by atoms with van der Waals surface area (Å²) < 4.78 is 1.92. The van der Waals surface area contributed by atoms with E-state index in [1.54, 1.807) is 0 Å². The van der Waals surface area contributed by atoms with Crippen molar-refractivity contribution in [2.24, 2.45) is 0 Å². The van der Waals surface area contributed by atoms with Gasteiger partial charge in [-0.3, -0.25) is 0 Å². The molecule has 2 unspecified atom stereocenters. The maximum atomic E-state index is 2.61. The molecular formula is C8H14I2. The maximum Gasteiger partial charge on any atom is 0.0120 e. The zero-order valence-electron chi connectivity index (χ0n) is 6.15. The van der Waals surface area contributed by atoms with Gasteiger partial charge in [0.15, 0.2) is 0 Å². The zero-order chi connectivity index (χ0) is 7.40. The fraction of sp³-hybridized carbons (Fsp3) is 1.00. The molecule has 1 fully saturated rings. The smallest absolute Gasteiger partial charge is 0.0120 e.